The van der Waals surface area contributed by atoms with E-state index < -0.39 is 29.4 Å². The predicted octanol–water partition coefficient (Wildman–Crippen LogP) is 3.85. The second kappa shape index (κ2) is 7.01. The minimum Gasteiger partial charge on any atom is -0.484 e. The van der Waals surface area contributed by atoms with Gasteiger partial charge < -0.3 is 10.1 Å². The minimum absolute atomic E-state index is 0.0364. The number of nitrogens with zero attached hydrogens (tertiary/aromatic N) is 3. The predicted molar refractivity (Wildman–Crippen MR) is 90.3 cm³/mol. The third-order valence-corrected chi connectivity index (χ3v) is 4.48. The molecule has 28 heavy (non-hydrogen) atoms. The number of pyridine rings is 1. The van der Waals surface area contributed by atoms with Gasteiger partial charge in [0.1, 0.15) is 11.6 Å². The van der Waals surface area contributed by atoms with Crippen molar-refractivity contribution in [2.75, 3.05) is 13.1 Å². The molecular formula is C18H15F5N4O. The molecule has 1 saturated heterocycles. The lowest BCUT2D eigenvalue weighted by Gasteiger charge is -2.24. The van der Waals surface area contributed by atoms with E-state index in [4.69, 9.17) is 4.74 Å². The van der Waals surface area contributed by atoms with Gasteiger partial charge in [-0.2, -0.15) is 13.2 Å². The van der Waals surface area contributed by atoms with Gasteiger partial charge in [-0.25, -0.2) is 18.7 Å². The first kappa shape index (κ1) is 18.6. The molecule has 1 aromatic carbocycles. The van der Waals surface area contributed by atoms with Crippen LogP contribution in [-0.2, 0) is 6.18 Å². The molecule has 0 bridgehead atoms. The van der Waals surface area contributed by atoms with Crippen molar-refractivity contribution in [1.29, 1.82) is 0 Å². The lowest BCUT2D eigenvalue weighted by atomic mass is 10.1. The third-order valence-electron chi connectivity index (χ3n) is 4.48. The largest absolute Gasteiger partial charge is 0.484 e. The average molecular weight is 398 g/mol. The van der Waals surface area contributed by atoms with Crippen molar-refractivity contribution in [3.8, 4) is 11.4 Å². The summed E-state index contributed by atoms with van der Waals surface area (Å²) in [7, 11) is 0. The van der Waals surface area contributed by atoms with Crippen LogP contribution in [0.2, 0.25) is 0 Å². The van der Waals surface area contributed by atoms with E-state index in [0.29, 0.717) is 30.5 Å². The zero-order valence-electron chi connectivity index (χ0n) is 14.4. The second-order valence-corrected chi connectivity index (χ2v) is 6.42. The Labute approximate surface area is 156 Å². The summed E-state index contributed by atoms with van der Waals surface area (Å²) in [5, 5.41) is 3.10. The number of alkyl halides is 3. The maximum absolute atomic E-state index is 14.6. The first-order valence-electron chi connectivity index (χ1n) is 8.62. The van der Waals surface area contributed by atoms with Crippen LogP contribution in [-0.4, -0.2) is 33.7 Å². The summed E-state index contributed by atoms with van der Waals surface area (Å²) in [6.45, 7) is 1.32. The van der Waals surface area contributed by atoms with Gasteiger partial charge in [-0.1, -0.05) is 0 Å². The first-order chi connectivity index (χ1) is 13.3. The van der Waals surface area contributed by atoms with E-state index >= 15 is 0 Å². The normalized spacial score (nSPS) is 15.9. The number of aromatic nitrogens is 3. The molecule has 148 valence electrons. The van der Waals surface area contributed by atoms with E-state index in [1.165, 1.54) is 18.3 Å². The molecule has 0 unspecified atom stereocenters. The molecule has 3 heterocycles. The van der Waals surface area contributed by atoms with Gasteiger partial charge in [0.25, 0.3) is 0 Å². The van der Waals surface area contributed by atoms with Gasteiger partial charge in [-0.3, -0.25) is 4.57 Å². The van der Waals surface area contributed by atoms with Crippen molar-refractivity contribution in [3.63, 3.8) is 0 Å². The molecule has 0 radical (unpaired) electrons. The smallest absolute Gasteiger partial charge is 0.450 e. The molecule has 1 aliphatic rings. The molecule has 0 amide bonds. The molecule has 10 heteroatoms. The molecule has 0 spiro atoms. The van der Waals surface area contributed by atoms with Crippen LogP contribution in [0.15, 0.2) is 30.5 Å². The number of benzene rings is 1. The zero-order valence-corrected chi connectivity index (χ0v) is 14.4. The number of fused-ring (bicyclic) bond motifs is 1. The van der Waals surface area contributed by atoms with Crippen molar-refractivity contribution in [3.05, 3.63) is 47.9 Å². The van der Waals surface area contributed by atoms with Gasteiger partial charge in [0, 0.05) is 18.3 Å². The highest BCUT2D eigenvalue weighted by Crippen LogP contribution is 2.35. The van der Waals surface area contributed by atoms with Gasteiger partial charge in [0.05, 0.1) is 5.69 Å². The van der Waals surface area contributed by atoms with E-state index in [9.17, 15) is 22.0 Å². The molecule has 4 rings (SSSR count). The van der Waals surface area contributed by atoms with Crippen molar-refractivity contribution in [1.82, 2.24) is 19.9 Å². The number of rotatable bonds is 3. The van der Waals surface area contributed by atoms with Crippen LogP contribution in [0, 0.1) is 11.6 Å². The molecule has 0 aliphatic carbocycles. The Morgan fingerprint density at radius 3 is 2.43 bits per heavy atom. The molecule has 2 aromatic heterocycles. The number of hydrogen-bond acceptors (Lipinski definition) is 4. The Morgan fingerprint density at radius 1 is 1.11 bits per heavy atom. The Bertz CT molecular complexity index is 988. The molecule has 0 saturated carbocycles. The second-order valence-electron chi connectivity index (χ2n) is 6.42. The maximum Gasteiger partial charge on any atom is 0.450 e. The van der Waals surface area contributed by atoms with Crippen LogP contribution in [0.4, 0.5) is 22.0 Å². The molecule has 3 aromatic rings. The number of halogens is 5. The number of piperidine rings is 1. The fourth-order valence-electron chi connectivity index (χ4n) is 3.22. The Kier molecular flexibility index (Phi) is 4.66. The van der Waals surface area contributed by atoms with E-state index in [1.807, 2.05) is 0 Å². The van der Waals surface area contributed by atoms with Crippen LogP contribution in [0.3, 0.4) is 0 Å². The number of hydrogen-bond donors (Lipinski definition) is 1. The third kappa shape index (κ3) is 3.39. The van der Waals surface area contributed by atoms with E-state index in [2.05, 4.69) is 15.3 Å². The molecule has 5 nitrogen and oxygen atoms in total. The van der Waals surface area contributed by atoms with Crippen molar-refractivity contribution >= 4 is 11.2 Å². The molecule has 1 N–H and O–H groups in total. The molecule has 0 atom stereocenters. The quantitative estimate of drug-likeness (QED) is 0.681. The van der Waals surface area contributed by atoms with Crippen LogP contribution in [0.1, 0.15) is 18.7 Å². The monoisotopic (exact) mass is 398 g/mol. The first-order valence-corrected chi connectivity index (χ1v) is 8.62. The van der Waals surface area contributed by atoms with Crippen molar-refractivity contribution < 1.29 is 26.7 Å². The minimum atomic E-state index is -4.84. The number of imidazole rings is 1. The van der Waals surface area contributed by atoms with E-state index in [0.717, 1.165) is 12.1 Å². The van der Waals surface area contributed by atoms with E-state index in [-0.39, 0.29) is 23.0 Å². The SMILES string of the molecule is Fc1cc(-n2c(C(F)(F)F)nc3cccnc32)cc(F)c1OC1CCNCC1. The lowest BCUT2D eigenvalue weighted by Crippen LogP contribution is -2.34. The summed E-state index contributed by atoms with van der Waals surface area (Å²) in [5.41, 5.74) is -0.562. The zero-order chi connectivity index (χ0) is 19.9. The van der Waals surface area contributed by atoms with Gasteiger partial charge in [-0.05, 0) is 38.1 Å². The Morgan fingerprint density at radius 2 is 1.79 bits per heavy atom. The van der Waals surface area contributed by atoms with Crippen molar-refractivity contribution in [2.24, 2.45) is 0 Å². The summed E-state index contributed by atoms with van der Waals surface area (Å²) in [6.07, 6.45) is -2.76. The number of ether oxygens (including phenoxy) is 1. The van der Waals surface area contributed by atoms with Crippen LogP contribution in [0.5, 0.6) is 5.75 Å². The lowest BCUT2D eigenvalue weighted by molar-refractivity contribution is -0.145. The summed E-state index contributed by atoms with van der Waals surface area (Å²) in [5.74, 6) is -4.08. The van der Waals surface area contributed by atoms with Gasteiger partial charge in [-0.15, -0.1) is 0 Å². The Hall–Kier alpha value is -2.75. The summed E-state index contributed by atoms with van der Waals surface area (Å²) in [4.78, 5) is 7.41. The standard InChI is InChI=1S/C18H15F5N4O/c19-12-8-10(9-13(20)15(12)28-11-3-6-24-7-4-11)27-16-14(2-1-5-25-16)26-17(27)18(21,22)23/h1-2,5,8-9,11,24H,3-4,6-7H2. The van der Waals surface area contributed by atoms with Gasteiger partial charge in [0.2, 0.25) is 5.82 Å². The molecule has 1 aliphatic heterocycles. The topological polar surface area (TPSA) is 52.0 Å². The highest BCUT2D eigenvalue weighted by Gasteiger charge is 2.38. The van der Waals surface area contributed by atoms with Crippen LogP contribution >= 0.6 is 0 Å². The summed E-state index contributed by atoms with van der Waals surface area (Å²) < 4.78 is 75.5. The summed E-state index contributed by atoms with van der Waals surface area (Å²) in [6, 6.07) is 4.36. The highest BCUT2D eigenvalue weighted by atomic mass is 19.4. The maximum atomic E-state index is 14.6. The van der Waals surface area contributed by atoms with Gasteiger partial charge >= 0.3 is 6.18 Å². The number of nitrogens with one attached hydrogen (secondary N) is 1. The average Bonchev–Trinajstić information content (AvgIpc) is 3.05. The van der Waals surface area contributed by atoms with Gasteiger partial charge in [0.15, 0.2) is 23.0 Å². The van der Waals surface area contributed by atoms with Crippen LogP contribution in [0.25, 0.3) is 16.9 Å². The molecule has 1 fully saturated rings. The highest BCUT2D eigenvalue weighted by molar-refractivity contribution is 5.74. The fourth-order valence-corrected chi connectivity index (χ4v) is 3.22. The summed E-state index contributed by atoms with van der Waals surface area (Å²) >= 11 is 0. The molecular weight excluding hydrogens is 383 g/mol. The Balaban J connectivity index is 1.80. The fraction of sp³-hybridized carbons (Fsp3) is 0.333. The van der Waals surface area contributed by atoms with Crippen molar-refractivity contribution in [2.45, 2.75) is 25.1 Å². The van der Waals surface area contributed by atoms with Crippen LogP contribution < -0.4 is 10.1 Å². The van der Waals surface area contributed by atoms with E-state index in [1.54, 1.807) is 0 Å².